The summed E-state index contributed by atoms with van der Waals surface area (Å²) in [5.41, 5.74) is 3.52. The first-order chi connectivity index (χ1) is 14.6. The van der Waals surface area contributed by atoms with Crippen LogP contribution in [0.25, 0.3) is 0 Å². The third-order valence-corrected chi connectivity index (χ3v) is 6.25. The van der Waals surface area contributed by atoms with Crippen molar-refractivity contribution in [1.82, 2.24) is 0 Å². The van der Waals surface area contributed by atoms with E-state index in [1.807, 2.05) is 42.5 Å². The summed E-state index contributed by atoms with van der Waals surface area (Å²) in [4.78, 5) is 26.8. The van der Waals surface area contributed by atoms with Crippen molar-refractivity contribution in [2.45, 2.75) is 18.7 Å². The number of halogens is 1. The van der Waals surface area contributed by atoms with Crippen LogP contribution in [0.5, 0.6) is 0 Å². The number of carbonyl (C=O) groups excluding carboxylic acids is 2. The van der Waals surface area contributed by atoms with Gasteiger partial charge >= 0.3 is 0 Å². The highest BCUT2D eigenvalue weighted by atomic mass is 32.2. The largest absolute Gasteiger partial charge is 0.322 e. The maximum Gasteiger partial charge on any atom is 0.258 e. The molecule has 0 spiro atoms. The first kappa shape index (κ1) is 20.2. The lowest BCUT2D eigenvalue weighted by atomic mass is 10.1. The van der Waals surface area contributed by atoms with Crippen LogP contribution >= 0.6 is 11.8 Å². The fourth-order valence-electron chi connectivity index (χ4n) is 3.46. The summed E-state index contributed by atoms with van der Waals surface area (Å²) >= 11 is 1.55. The van der Waals surface area contributed by atoms with Crippen LogP contribution in [0, 0.1) is 5.82 Å². The molecule has 1 saturated heterocycles. The lowest BCUT2D eigenvalue weighted by molar-refractivity contribution is -0.115. The predicted molar refractivity (Wildman–Crippen MR) is 119 cm³/mol. The lowest BCUT2D eigenvalue weighted by Crippen LogP contribution is -2.27. The number of nitrogens with one attached hydrogen (secondary N) is 1. The van der Waals surface area contributed by atoms with Gasteiger partial charge < -0.3 is 5.32 Å². The monoisotopic (exact) mass is 420 g/mol. The van der Waals surface area contributed by atoms with Crippen LogP contribution in [0.3, 0.4) is 0 Å². The van der Waals surface area contributed by atoms with E-state index in [4.69, 9.17) is 0 Å². The Balaban J connectivity index is 1.58. The molecule has 1 unspecified atom stereocenters. The molecule has 4 nitrogen and oxygen atoms in total. The maximum absolute atomic E-state index is 13.9. The Morgan fingerprint density at radius 2 is 1.87 bits per heavy atom. The molecule has 3 aromatic rings. The van der Waals surface area contributed by atoms with Crippen LogP contribution in [0.1, 0.15) is 33.8 Å². The fraction of sp³-hybridized carbons (Fsp3) is 0.167. The Morgan fingerprint density at radius 1 is 1.10 bits per heavy atom. The second kappa shape index (κ2) is 8.71. The van der Waals surface area contributed by atoms with Crippen molar-refractivity contribution >= 4 is 35.0 Å². The molecule has 3 aromatic carbocycles. The van der Waals surface area contributed by atoms with Gasteiger partial charge in [-0.05, 0) is 53.9 Å². The van der Waals surface area contributed by atoms with Crippen LogP contribution < -0.4 is 10.2 Å². The van der Waals surface area contributed by atoms with Gasteiger partial charge in [-0.15, -0.1) is 11.8 Å². The average Bonchev–Trinajstić information content (AvgIpc) is 3.15. The Bertz CT molecular complexity index is 1080. The van der Waals surface area contributed by atoms with E-state index >= 15 is 0 Å². The molecule has 0 radical (unpaired) electrons. The summed E-state index contributed by atoms with van der Waals surface area (Å²) in [6.07, 6.45) is 0.941. The highest BCUT2D eigenvalue weighted by Crippen LogP contribution is 2.42. The van der Waals surface area contributed by atoms with Crippen molar-refractivity contribution in [3.63, 3.8) is 0 Å². The average molecular weight is 421 g/mol. The third kappa shape index (κ3) is 4.09. The van der Waals surface area contributed by atoms with Crippen molar-refractivity contribution in [3.05, 3.63) is 95.3 Å². The van der Waals surface area contributed by atoms with Crippen molar-refractivity contribution in [2.24, 2.45) is 0 Å². The van der Waals surface area contributed by atoms with Gasteiger partial charge in [-0.3, -0.25) is 14.5 Å². The second-order valence-corrected chi connectivity index (χ2v) is 8.08. The molecule has 152 valence electrons. The van der Waals surface area contributed by atoms with Crippen LogP contribution in [0.2, 0.25) is 0 Å². The van der Waals surface area contributed by atoms with Gasteiger partial charge in [-0.25, -0.2) is 4.39 Å². The molecule has 1 atom stereocenters. The molecular weight excluding hydrogens is 399 g/mol. The molecule has 0 aromatic heterocycles. The SMILES string of the molecule is CCc1ccc(N2C(=O)CSC2c2cccc(NC(=O)c3ccccc3F)c2)cc1. The summed E-state index contributed by atoms with van der Waals surface area (Å²) in [5, 5.41) is 2.57. The van der Waals surface area contributed by atoms with E-state index in [2.05, 4.69) is 12.2 Å². The van der Waals surface area contributed by atoms with Crippen molar-refractivity contribution in [2.75, 3.05) is 16.0 Å². The second-order valence-electron chi connectivity index (χ2n) is 7.01. The fourth-order valence-corrected chi connectivity index (χ4v) is 4.62. The van der Waals surface area contributed by atoms with E-state index in [0.29, 0.717) is 11.4 Å². The molecule has 30 heavy (non-hydrogen) atoms. The molecule has 4 rings (SSSR count). The highest BCUT2D eigenvalue weighted by molar-refractivity contribution is 8.00. The molecule has 0 bridgehead atoms. The molecule has 1 N–H and O–H groups in total. The molecule has 1 heterocycles. The van der Waals surface area contributed by atoms with Crippen molar-refractivity contribution < 1.29 is 14.0 Å². The molecule has 2 amide bonds. The zero-order valence-corrected chi connectivity index (χ0v) is 17.3. The van der Waals surface area contributed by atoms with E-state index in [1.54, 1.807) is 34.9 Å². The minimum absolute atomic E-state index is 0.00837. The number of benzene rings is 3. The van der Waals surface area contributed by atoms with Gasteiger partial charge in [0.25, 0.3) is 5.91 Å². The quantitative estimate of drug-likeness (QED) is 0.600. The zero-order valence-electron chi connectivity index (χ0n) is 16.5. The number of aryl methyl sites for hydroxylation is 1. The Kier molecular flexibility index (Phi) is 5.86. The van der Waals surface area contributed by atoms with E-state index in [1.165, 1.54) is 17.7 Å². The number of nitrogens with zero attached hydrogens (tertiary/aromatic N) is 1. The number of hydrogen-bond acceptors (Lipinski definition) is 3. The molecule has 0 aliphatic carbocycles. The Hall–Kier alpha value is -3.12. The number of carbonyl (C=O) groups is 2. The van der Waals surface area contributed by atoms with Gasteiger partial charge in [-0.1, -0.05) is 43.3 Å². The molecule has 1 aliphatic heterocycles. The van der Waals surface area contributed by atoms with Gasteiger partial charge in [0.15, 0.2) is 0 Å². The normalized spacial score (nSPS) is 16.0. The first-order valence-electron chi connectivity index (χ1n) is 9.75. The number of thioether (sulfide) groups is 1. The number of hydrogen-bond donors (Lipinski definition) is 1. The van der Waals surface area contributed by atoms with Gasteiger partial charge in [0.1, 0.15) is 11.2 Å². The van der Waals surface area contributed by atoms with Crippen LogP contribution in [-0.2, 0) is 11.2 Å². The van der Waals surface area contributed by atoms with Crippen LogP contribution in [-0.4, -0.2) is 17.6 Å². The Labute approximate surface area is 179 Å². The smallest absolute Gasteiger partial charge is 0.258 e. The highest BCUT2D eigenvalue weighted by Gasteiger charge is 2.34. The minimum atomic E-state index is -0.565. The summed E-state index contributed by atoms with van der Waals surface area (Å²) in [5.74, 6) is -0.626. The minimum Gasteiger partial charge on any atom is -0.322 e. The van der Waals surface area contributed by atoms with Crippen molar-refractivity contribution in [1.29, 1.82) is 0 Å². The standard InChI is InChI=1S/C24H21FN2O2S/c1-2-16-10-12-19(13-11-16)27-22(28)15-30-24(27)17-6-5-7-18(14-17)26-23(29)20-8-3-4-9-21(20)25/h3-14,24H,2,15H2,1H3,(H,26,29). The number of anilines is 2. The van der Waals surface area contributed by atoms with Gasteiger partial charge in [0, 0.05) is 11.4 Å². The van der Waals surface area contributed by atoms with Gasteiger partial charge in [0.2, 0.25) is 5.91 Å². The molecule has 1 fully saturated rings. The van der Waals surface area contributed by atoms with E-state index in [0.717, 1.165) is 17.7 Å². The van der Waals surface area contributed by atoms with Crippen LogP contribution in [0.15, 0.2) is 72.8 Å². The van der Waals surface area contributed by atoms with Crippen LogP contribution in [0.4, 0.5) is 15.8 Å². The zero-order chi connectivity index (χ0) is 21.1. The predicted octanol–water partition coefficient (Wildman–Crippen LogP) is 5.42. The van der Waals surface area contributed by atoms with Crippen molar-refractivity contribution in [3.8, 4) is 0 Å². The molecule has 6 heteroatoms. The summed E-state index contributed by atoms with van der Waals surface area (Å²) in [6, 6.07) is 21.2. The summed E-state index contributed by atoms with van der Waals surface area (Å²) in [6.45, 7) is 2.09. The molecule has 1 aliphatic rings. The van der Waals surface area contributed by atoms with Gasteiger partial charge in [0.05, 0.1) is 11.3 Å². The molecular formula is C24H21FN2O2S. The third-order valence-electron chi connectivity index (χ3n) is 5.04. The van der Waals surface area contributed by atoms with E-state index < -0.39 is 11.7 Å². The number of rotatable bonds is 5. The maximum atomic E-state index is 13.9. The Morgan fingerprint density at radius 3 is 2.60 bits per heavy atom. The summed E-state index contributed by atoms with van der Waals surface area (Å²) < 4.78 is 13.9. The van der Waals surface area contributed by atoms with Gasteiger partial charge in [-0.2, -0.15) is 0 Å². The molecule has 0 saturated carbocycles. The van der Waals surface area contributed by atoms with E-state index in [-0.39, 0.29) is 16.8 Å². The number of amides is 2. The summed E-state index contributed by atoms with van der Waals surface area (Å²) in [7, 11) is 0. The van der Waals surface area contributed by atoms with E-state index in [9.17, 15) is 14.0 Å². The topological polar surface area (TPSA) is 49.4 Å². The lowest BCUT2D eigenvalue weighted by Gasteiger charge is -2.25. The first-order valence-corrected chi connectivity index (χ1v) is 10.8.